The zero-order chi connectivity index (χ0) is 18.3. The molecule has 2 heterocycles. The van der Waals surface area contributed by atoms with Gasteiger partial charge in [0.15, 0.2) is 0 Å². The largest absolute Gasteiger partial charge is 0.497 e. The molecule has 1 aromatic carbocycles. The number of methoxy groups -OCH3 is 1. The molecule has 8 nitrogen and oxygen atoms in total. The monoisotopic (exact) mass is 343 g/mol. The molecular weight excluding hydrogens is 326 g/mol. The first kappa shape index (κ1) is 16.6. The third-order valence-electron chi connectivity index (χ3n) is 4.21. The number of rotatable bonds is 4. The van der Waals surface area contributed by atoms with Crippen LogP contribution in [-0.4, -0.2) is 31.9 Å². The van der Waals surface area contributed by atoms with Crippen LogP contribution in [0.1, 0.15) is 16.1 Å². The maximum atomic E-state index is 12.4. The van der Waals surface area contributed by atoms with Gasteiger partial charge in [-0.25, -0.2) is 9.59 Å². The van der Waals surface area contributed by atoms with Gasteiger partial charge in [-0.2, -0.15) is 0 Å². The number of ether oxygens (including phenoxy) is 1. The number of benzene rings is 1. The molecule has 0 fully saturated rings. The van der Waals surface area contributed by atoms with Gasteiger partial charge < -0.3 is 14.4 Å². The van der Waals surface area contributed by atoms with Crippen LogP contribution < -0.4 is 16.0 Å². The van der Waals surface area contributed by atoms with Crippen LogP contribution in [0.5, 0.6) is 5.75 Å². The van der Waals surface area contributed by atoms with Crippen molar-refractivity contribution in [3.8, 4) is 5.75 Å². The average Bonchev–Trinajstić information content (AvgIpc) is 2.98. The minimum atomic E-state index is -1.17. The van der Waals surface area contributed by atoms with Gasteiger partial charge in [0, 0.05) is 20.6 Å². The molecule has 130 valence electrons. The van der Waals surface area contributed by atoms with Gasteiger partial charge in [0.2, 0.25) is 0 Å². The van der Waals surface area contributed by atoms with Crippen LogP contribution in [0.2, 0.25) is 0 Å². The topological polar surface area (TPSA) is 95.5 Å². The predicted molar refractivity (Wildman–Crippen MR) is 91.5 cm³/mol. The standard InChI is InChI=1S/C17H17N3O5/c1-18-14-12(15(21)19(2)17(18)24)8-13(16(22)23)20(14)9-10-4-6-11(25-3)7-5-10/h4-8H,9H2,1-3H3,(H,22,23). The Morgan fingerprint density at radius 3 is 2.32 bits per heavy atom. The first-order valence-corrected chi connectivity index (χ1v) is 7.50. The van der Waals surface area contributed by atoms with Crippen molar-refractivity contribution in [2.24, 2.45) is 14.1 Å². The molecule has 0 aliphatic heterocycles. The van der Waals surface area contributed by atoms with E-state index in [9.17, 15) is 19.5 Å². The number of aromatic carboxylic acids is 1. The Morgan fingerprint density at radius 1 is 1.12 bits per heavy atom. The molecule has 0 unspecified atom stereocenters. The first-order valence-electron chi connectivity index (χ1n) is 7.50. The summed E-state index contributed by atoms with van der Waals surface area (Å²) in [6, 6.07) is 8.44. The molecule has 0 saturated carbocycles. The molecule has 2 aromatic heterocycles. The van der Waals surface area contributed by atoms with E-state index >= 15 is 0 Å². The maximum Gasteiger partial charge on any atom is 0.352 e. The minimum Gasteiger partial charge on any atom is -0.497 e. The van der Waals surface area contributed by atoms with Gasteiger partial charge in [0.1, 0.15) is 17.1 Å². The van der Waals surface area contributed by atoms with Crippen molar-refractivity contribution < 1.29 is 14.6 Å². The Labute approximate surface area is 142 Å². The lowest BCUT2D eigenvalue weighted by Crippen LogP contribution is -2.37. The van der Waals surface area contributed by atoms with Crippen LogP contribution in [0.25, 0.3) is 11.0 Å². The summed E-state index contributed by atoms with van der Waals surface area (Å²) >= 11 is 0. The lowest BCUT2D eigenvalue weighted by Gasteiger charge is -2.12. The average molecular weight is 343 g/mol. The molecule has 8 heteroatoms. The minimum absolute atomic E-state index is 0.0517. The molecule has 0 saturated heterocycles. The van der Waals surface area contributed by atoms with E-state index < -0.39 is 17.2 Å². The van der Waals surface area contributed by atoms with Crippen molar-refractivity contribution in [2.45, 2.75) is 6.54 Å². The summed E-state index contributed by atoms with van der Waals surface area (Å²) in [5.74, 6) is -0.486. The molecule has 0 radical (unpaired) electrons. The molecule has 3 rings (SSSR count). The number of carboxylic acid groups (broad SMARTS) is 1. The molecule has 1 N–H and O–H groups in total. The zero-order valence-corrected chi connectivity index (χ0v) is 14.0. The van der Waals surface area contributed by atoms with E-state index in [-0.39, 0.29) is 23.3 Å². The SMILES string of the molecule is COc1ccc(Cn2c(C(=O)O)cc3c(=O)n(C)c(=O)n(C)c32)cc1. The summed E-state index contributed by atoms with van der Waals surface area (Å²) < 4.78 is 8.82. The molecule has 0 aliphatic carbocycles. The highest BCUT2D eigenvalue weighted by Crippen LogP contribution is 2.19. The highest BCUT2D eigenvalue weighted by atomic mass is 16.5. The van der Waals surface area contributed by atoms with Gasteiger partial charge in [0.25, 0.3) is 5.56 Å². The van der Waals surface area contributed by atoms with Gasteiger partial charge in [0.05, 0.1) is 12.5 Å². The van der Waals surface area contributed by atoms with E-state index in [4.69, 9.17) is 4.74 Å². The van der Waals surface area contributed by atoms with Gasteiger partial charge in [-0.15, -0.1) is 0 Å². The molecular formula is C17H17N3O5. The van der Waals surface area contributed by atoms with Gasteiger partial charge in [-0.3, -0.25) is 13.9 Å². The van der Waals surface area contributed by atoms with Gasteiger partial charge in [-0.1, -0.05) is 12.1 Å². The first-order chi connectivity index (χ1) is 11.8. The highest BCUT2D eigenvalue weighted by molar-refractivity contribution is 5.93. The Hall–Kier alpha value is -3.29. The predicted octanol–water partition coefficient (Wildman–Crippen LogP) is 0.794. The quantitative estimate of drug-likeness (QED) is 0.756. The van der Waals surface area contributed by atoms with Crippen molar-refractivity contribution in [2.75, 3.05) is 7.11 Å². The molecule has 0 amide bonds. The zero-order valence-electron chi connectivity index (χ0n) is 14.0. The second-order valence-electron chi connectivity index (χ2n) is 5.71. The third kappa shape index (κ3) is 2.61. The number of aromatic nitrogens is 3. The summed E-state index contributed by atoms with van der Waals surface area (Å²) in [6.45, 7) is 0.204. The summed E-state index contributed by atoms with van der Waals surface area (Å²) in [5.41, 5.74) is 0.0111. The van der Waals surface area contributed by atoms with Crippen molar-refractivity contribution >= 4 is 17.0 Å². The number of fused-ring (bicyclic) bond motifs is 1. The van der Waals surface area contributed by atoms with E-state index in [1.807, 2.05) is 0 Å². The summed E-state index contributed by atoms with van der Waals surface area (Å²) in [7, 11) is 4.44. The summed E-state index contributed by atoms with van der Waals surface area (Å²) in [5, 5.41) is 9.70. The highest BCUT2D eigenvalue weighted by Gasteiger charge is 2.20. The fourth-order valence-electron chi connectivity index (χ4n) is 2.89. The lowest BCUT2D eigenvalue weighted by molar-refractivity contribution is 0.0686. The van der Waals surface area contributed by atoms with Gasteiger partial charge in [-0.05, 0) is 23.8 Å². The number of nitrogens with zero attached hydrogens (tertiary/aromatic N) is 3. The van der Waals surface area contributed by atoms with Crippen LogP contribution in [0, 0.1) is 0 Å². The lowest BCUT2D eigenvalue weighted by atomic mass is 10.2. The van der Waals surface area contributed by atoms with Crippen LogP contribution in [0.4, 0.5) is 0 Å². The Kier molecular flexibility index (Phi) is 3.96. The second kappa shape index (κ2) is 5.97. The molecule has 0 atom stereocenters. The number of aryl methyl sites for hydroxylation is 1. The summed E-state index contributed by atoms with van der Waals surface area (Å²) in [6.07, 6.45) is 0. The van der Waals surface area contributed by atoms with E-state index in [1.54, 1.807) is 31.4 Å². The van der Waals surface area contributed by atoms with E-state index in [2.05, 4.69) is 0 Å². The Bertz CT molecular complexity index is 1090. The van der Waals surface area contributed by atoms with E-state index in [0.29, 0.717) is 5.75 Å². The fourth-order valence-corrected chi connectivity index (χ4v) is 2.89. The van der Waals surface area contributed by atoms with Crippen LogP contribution in [0.15, 0.2) is 39.9 Å². The molecule has 0 aliphatic rings. The molecule has 25 heavy (non-hydrogen) atoms. The van der Waals surface area contributed by atoms with Crippen LogP contribution in [-0.2, 0) is 20.6 Å². The summed E-state index contributed by atoms with van der Waals surface area (Å²) in [4.78, 5) is 36.2. The van der Waals surface area contributed by atoms with Crippen molar-refractivity contribution in [1.82, 2.24) is 13.7 Å². The van der Waals surface area contributed by atoms with E-state index in [0.717, 1.165) is 10.1 Å². The smallest absolute Gasteiger partial charge is 0.352 e. The van der Waals surface area contributed by atoms with Gasteiger partial charge >= 0.3 is 11.7 Å². The third-order valence-corrected chi connectivity index (χ3v) is 4.21. The van der Waals surface area contributed by atoms with Crippen molar-refractivity contribution in [3.63, 3.8) is 0 Å². The number of hydrogen-bond acceptors (Lipinski definition) is 4. The fraction of sp³-hybridized carbons (Fsp3) is 0.235. The number of hydrogen-bond donors (Lipinski definition) is 1. The molecule has 3 aromatic rings. The maximum absolute atomic E-state index is 12.4. The Balaban J connectivity index is 2.28. The Morgan fingerprint density at radius 2 is 1.76 bits per heavy atom. The van der Waals surface area contributed by atoms with Crippen molar-refractivity contribution in [1.29, 1.82) is 0 Å². The van der Waals surface area contributed by atoms with E-state index in [1.165, 1.54) is 29.3 Å². The number of carbonyl (C=O) groups is 1. The normalized spacial score (nSPS) is 11.0. The molecule has 0 bridgehead atoms. The van der Waals surface area contributed by atoms with Crippen LogP contribution >= 0.6 is 0 Å². The number of carboxylic acids is 1. The second-order valence-corrected chi connectivity index (χ2v) is 5.71. The van der Waals surface area contributed by atoms with Crippen LogP contribution in [0.3, 0.4) is 0 Å². The van der Waals surface area contributed by atoms with Crippen molar-refractivity contribution in [3.05, 3.63) is 62.4 Å². The molecule has 0 spiro atoms.